The van der Waals surface area contributed by atoms with Gasteiger partial charge in [0.2, 0.25) is 0 Å². The van der Waals surface area contributed by atoms with Gasteiger partial charge >= 0.3 is 0 Å². The highest BCUT2D eigenvalue weighted by molar-refractivity contribution is 7.19. The summed E-state index contributed by atoms with van der Waals surface area (Å²) in [5.41, 5.74) is 16.4. The van der Waals surface area contributed by atoms with Crippen LogP contribution in [0, 0.1) is 0 Å². The lowest BCUT2D eigenvalue weighted by Gasteiger charge is -2.29. The minimum Gasteiger partial charge on any atom is -0.310 e. The van der Waals surface area contributed by atoms with Gasteiger partial charge < -0.3 is 9.80 Å². The van der Waals surface area contributed by atoms with Crippen LogP contribution in [-0.4, -0.2) is 16.1 Å². The normalized spacial score (nSPS) is 11.8. The summed E-state index contributed by atoms with van der Waals surface area (Å²) >= 11 is 3.69. The molecule has 0 N–H and O–H groups in total. The fourth-order valence-electron chi connectivity index (χ4n) is 11.5. The van der Waals surface area contributed by atoms with Gasteiger partial charge in [-0.25, -0.2) is 0 Å². The summed E-state index contributed by atoms with van der Waals surface area (Å²) in [7, 11) is -3.10. The Morgan fingerprint density at radius 2 is 0.500 bits per heavy atom. The average Bonchev–Trinajstić information content (AvgIpc) is 3.71. The van der Waals surface area contributed by atoms with Crippen molar-refractivity contribution in [3.63, 3.8) is 0 Å². The van der Waals surface area contributed by atoms with Crippen LogP contribution in [0.25, 0.3) is 85.6 Å². The van der Waals surface area contributed by atoms with Crippen molar-refractivity contribution in [1.29, 1.82) is 0 Å². The molecule has 0 aliphatic heterocycles. The Morgan fingerprint density at radius 3 is 0.817 bits per heavy atom. The number of para-hydroxylation sites is 2. The first-order valence-corrected chi connectivity index (χ1v) is 37.0. The molecule has 2 aromatic heterocycles. The minimum atomic E-state index is -1.55. The van der Waals surface area contributed by atoms with E-state index in [0.717, 1.165) is 34.1 Å². The first-order chi connectivity index (χ1) is 39.9. The monoisotopic (exact) mass is 1120 g/mol. The second-order valence-corrected chi connectivity index (χ2v) is 35.7. The maximum atomic E-state index is 2.46. The molecule has 0 radical (unpaired) electrons. The van der Waals surface area contributed by atoms with Crippen LogP contribution in [-0.2, 0) is 0 Å². The fourth-order valence-corrected chi connectivity index (χ4v) is 15.8. The van der Waals surface area contributed by atoms with E-state index >= 15 is 0 Å². The van der Waals surface area contributed by atoms with E-state index in [9.17, 15) is 0 Å². The molecule has 2 nitrogen and oxygen atoms in total. The molecule has 0 saturated carbocycles. The molecule has 0 fully saturated rings. The van der Waals surface area contributed by atoms with Crippen molar-refractivity contribution in [2.45, 2.75) is 39.3 Å². The lowest BCUT2D eigenvalue weighted by Crippen LogP contribution is -2.37. The van der Waals surface area contributed by atoms with Crippen LogP contribution < -0.4 is 20.2 Å². The second kappa shape index (κ2) is 22.0. The molecular weight excluding hydrogens is 1060 g/mol. The van der Waals surface area contributed by atoms with E-state index in [4.69, 9.17) is 0 Å². The quantitative estimate of drug-likeness (QED) is 0.0791. The Bertz CT molecular complexity index is 4070. The number of fused-ring (bicyclic) bond motifs is 2. The SMILES string of the molecule is C[Si](C)(C)c1ccc(N(c2ccccc2)c2ccc3c(-c4ccc(-c5ccc(-c6ccccc6)s5)cc4)c4cc(N(c5ccccc5)c5ccc([Si](C)(C)C)cc5)ccc4c(-c4ccc(-c5ccc(-c6ccccc6)s5)cc4)c3c2)cc1. The molecule has 0 saturated heterocycles. The molecule has 0 aliphatic rings. The maximum absolute atomic E-state index is 2.46. The zero-order chi connectivity index (χ0) is 56.0. The third-order valence-electron chi connectivity index (χ3n) is 15.9. The summed E-state index contributed by atoms with van der Waals surface area (Å²) in [6.45, 7) is 14.5. The molecule has 398 valence electrons. The molecule has 11 aromatic carbocycles. The molecule has 0 unspecified atom stereocenters. The number of benzene rings is 11. The summed E-state index contributed by atoms with van der Waals surface area (Å²) in [6, 6.07) is 104. The Morgan fingerprint density at radius 1 is 0.232 bits per heavy atom. The summed E-state index contributed by atoms with van der Waals surface area (Å²) in [6.07, 6.45) is 0. The summed E-state index contributed by atoms with van der Waals surface area (Å²) in [4.78, 5) is 9.90. The molecule has 13 rings (SSSR count). The standard InChI is InChI=1S/C76H64N2S2Si2/c1-81(2,3)65-41-35-61(36-42-65)77(59-23-15-9-16-24-59)63-39-45-67-69(51-63)75(57-31-27-55(28-32-57)73-49-47-71(79-73)53-19-11-7-12-20-53)68-46-40-64(78(60-25-17-10-18-26-60)62-37-43-66(44-38-62)82(4,5)6)52-70(68)76(67)58-33-29-56(30-34-58)74-50-48-72(80-74)54-21-13-8-14-22-54/h7-52H,1-6H3. The average molecular weight is 1130 g/mol. The number of anilines is 6. The Balaban J connectivity index is 1.05. The van der Waals surface area contributed by atoms with Crippen LogP contribution >= 0.6 is 22.7 Å². The first kappa shape index (κ1) is 52.7. The molecule has 0 aliphatic carbocycles. The topological polar surface area (TPSA) is 6.48 Å². The predicted octanol–water partition coefficient (Wildman–Crippen LogP) is 22.1. The van der Waals surface area contributed by atoms with E-state index in [-0.39, 0.29) is 0 Å². The number of thiophene rings is 2. The zero-order valence-electron chi connectivity index (χ0n) is 47.3. The second-order valence-electron chi connectivity index (χ2n) is 23.4. The van der Waals surface area contributed by atoms with Crippen LogP contribution in [0.5, 0.6) is 0 Å². The van der Waals surface area contributed by atoms with E-state index in [0.29, 0.717) is 0 Å². The van der Waals surface area contributed by atoms with Gasteiger partial charge in [-0.3, -0.25) is 0 Å². The van der Waals surface area contributed by atoms with Gasteiger partial charge in [0.15, 0.2) is 0 Å². The van der Waals surface area contributed by atoms with Crippen molar-refractivity contribution in [2.75, 3.05) is 9.80 Å². The molecule has 2 heterocycles. The summed E-state index contributed by atoms with van der Waals surface area (Å²) in [5, 5.41) is 7.67. The Kier molecular flexibility index (Phi) is 14.2. The van der Waals surface area contributed by atoms with Crippen LogP contribution in [0.15, 0.2) is 279 Å². The summed E-state index contributed by atoms with van der Waals surface area (Å²) in [5.74, 6) is 0. The van der Waals surface area contributed by atoms with Crippen LogP contribution in [0.1, 0.15) is 0 Å². The maximum Gasteiger partial charge on any atom is 0.0775 e. The van der Waals surface area contributed by atoms with E-state index in [1.807, 2.05) is 22.7 Å². The molecule has 0 atom stereocenters. The third kappa shape index (κ3) is 10.5. The number of hydrogen-bond acceptors (Lipinski definition) is 4. The molecule has 0 bridgehead atoms. The third-order valence-corrected chi connectivity index (χ3v) is 22.4. The highest BCUT2D eigenvalue weighted by atomic mass is 32.1. The van der Waals surface area contributed by atoms with Crippen molar-refractivity contribution < 1.29 is 0 Å². The fraction of sp³-hybridized carbons (Fsp3) is 0.0789. The van der Waals surface area contributed by atoms with E-state index < -0.39 is 16.1 Å². The van der Waals surface area contributed by atoms with Crippen molar-refractivity contribution in [3.05, 3.63) is 279 Å². The lowest BCUT2D eigenvalue weighted by atomic mass is 9.85. The number of hydrogen-bond donors (Lipinski definition) is 0. The number of rotatable bonds is 14. The molecule has 13 aromatic rings. The van der Waals surface area contributed by atoms with Crippen LogP contribution in [0.4, 0.5) is 34.1 Å². The first-order valence-electron chi connectivity index (χ1n) is 28.4. The highest BCUT2D eigenvalue weighted by Gasteiger charge is 2.24. The van der Waals surface area contributed by atoms with Gasteiger partial charge in [-0.05, 0) is 163 Å². The summed E-state index contributed by atoms with van der Waals surface area (Å²) < 4.78 is 0. The smallest absolute Gasteiger partial charge is 0.0775 e. The van der Waals surface area contributed by atoms with Gasteiger partial charge in [0.1, 0.15) is 0 Å². The van der Waals surface area contributed by atoms with E-state index in [1.165, 1.54) is 95.9 Å². The predicted molar refractivity (Wildman–Crippen MR) is 365 cm³/mol. The van der Waals surface area contributed by atoms with Gasteiger partial charge in [-0.15, -0.1) is 22.7 Å². The molecule has 82 heavy (non-hydrogen) atoms. The Hall–Kier alpha value is -8.63. The molecular formula is C76H64N2S2Si2. The number of nitrogens with zero attached hydrogens (tertiary/aromatic N) is 2. The van der Waals surface area contributed by atoms with Gasteiger partial charge in [-0.1, -0.05) is 232 Å². The Labute approximate surface area is 493 Å². The van der Waals surface area contributed by atoms with Crippen molar-refractivity contribution in [3.8, 4) is 64.0 Å². The molecule has 0 amide bonds. The van der Waals surface area contributed by atoms with Crippen molar-refractivity contribution in [2.24, 2.45) is 0 Å². The van der Waals surface area contributed by atoms with Crippen LogP contribution in [0.3, 0.4) is 0 Å². The molecule has 6 heteroatoms. The van der Waals surface area contributed by atoms with Crippen LogP contribution in [0.2, 0.25) is 39.3 Å². The zero-order valence-corrected chi connectivity index (χ0v) is 50.9. The van der Waals surface area contributed by atoms with Crippen molar-refractivity contribution >= 4 is 105 Å². The lowest BCUT2D eigenvalue weighted by molar-refractivity contribution is 1.29. The van der Waals surface area contributed by atoms with Gasteiger partial charge in [-0.2, -0.15) is 0 Å². The van der Waals surface area contributed by atoms with E-state index in [2.05, 4.69) is 328 Å². The largest absolute Gasteiger partial charge is 0.310 e. The van der Waals surface area contributed by atoms with E-state index in [1.54, 1.807) is 0 Å². The van der Waals surface area contributed by atoms with Gasteiger partial charge in [0.05, 0.1) is 16.1 Å². The highest BCUT2D eigenvalue weighted by Crippen LogP contribution is 2.49. The van der Waals surface area contributed by atoms with Crippen molar-refractivity contribution in [1.82, 2.24) is 0 Å². The van der Waals surface area contributed by atoms with Gasteiger partial charge in [0.25, 0.3) is 0 Å². The minimum absolute atomic E-state index is 1.10. The molecule has 0 spiro atoms. The van der Waals surface area contributed by atoms with Gasteiger partial charge in [0, 0.05) is 53.6 Å².